The van der Waals surface area contributed by atoms with Gasteiger partial charge < -0.3 is 14.9 Å². The number of pyridine rings is 1. The summed E-state index contributed by atoms with van der Waals surface area (Å²) in [6.07, 6.45) is 13.9. The molecule has 3 aliphatic rings. The molecule has 3 heterocycles. The molecule has 3 atom stereocenters. The van der Waals surface area contributed by atoms with Crippen LogP contribution in [0.2, 0.25) is 0 Å². The monoisotopic (exact) mass is 430 g/mol. The fourth-order valence-corrected chi connectivity index (χ4v) is 6.72. The van der Waals surface area contributed by atoms with Crippen LogP contribution < -0.4 is 5.32 Å². The third-order valence-electron chi connectivity index (χ3n) is 8.27. The number of nitriles is 1. The van der Waals surface area contributed by atoms with Gasteiger partial charge in [0, 0.05) is 30.1 Å². The highest BCUT2D eigenvalue weighted by Gasteiger charge is 2.40. The van der Waals surface area contributed by atoms with Gasteiger partial charge in [-0.05, 0) is 68.8 Å². The first-order chi connectivity index (χ1) is 15.7. The van der Waals surface area contributed by atoms with Crippen molar-refractivity contribution in [3.63, 3.8) is 0 Å². The van der Waals surface area contributed by atoms with Crippen LogP contribution in [0.5, 0.6) is 0 Å². The van der Waals surface area contributed by atoms with Crippen LogP contribution in [0.4, 0.5) is 0 Å². The molecule has 3 aliphatic carbocycles. The van der Waals surface area contributed by atoms with Crippen molar-refractivity contribution in [2.24, 2.45) is 17.8 Å². The van der Waals surface area contributed by atoms with Crippen LogP contribution in [0, 0.1) is 29.1 Å². The Morgan fingerprint density at radius 1 is 1.22 bits per heavy atom. The molecule has 3 aromatic rings. The number of rotatable bonds is 5. The highest BCUT2D eigenvalue weighted by Crippen LogP contribution is 2.44. The quantitative estimate of drug-likeness (QED) is 0.626. The minimum absolute atomic E-state index is 0.0931. The van der Waals surface area contributed by atoms with Crippen molar-refractivity contribution >= 4 is 28.0 Å². The van der Waals surface area contributed by atoms with E-state index in [1.807, 2.05) is 12.4 Å². The van der Waals surface area contributed by atoms with Gasteiger partial charge in [0.2, 0.25) is 5.91 Å². The molecule has 6 rings (SSSR count). The number of aromatic amines is 1. The number of imidazole rings is 1. The standard InChI is InChI=1S/C25H30N6O/c26-9-7-15-2-5-18(6-3-15)31-22(13-23(32)30-20-12-16-1-4-17(20)11-16)29-21-14-28-25-19(24(21)31)8-10-27-25/h8,10,14-18,20H,1-7,11-13H2,(H,27,28)(H,30,32). The van der Waals surface area contributed by atoms with Crippen LogP contribution in [0.1, 0.15) is 69.7 Å². The van der Waals surface area contributed by atoms with Gasteiger partial charge in [-0.1, -0.05) is 6.42 Å². The molecule has 7 nitrogen and oxygen atoms in total. The maximum absolute atomic E-state index is 13.1. The lowest BCUT2D eigenvalue weighted by Gasteiger charge is -2.30. The number of amides is 1. The normalized spacial score (nSPS) is 29.5. The van der Waals surface area contributed by atoms with Gasteiger partial charge in [-0.3, -0.25) is 4.79 Å². The average molecular weight is 431 g/mol. The number of hydrogen-bond acceptors (Lipinski definition) is 4. The molecule has 0 aromatic carbocycles. The first-order valence-electron chi connectivity index (χ1n) is 12.2. The van der Waals surface area contributed by atoms with Crippen molar-refractivity contribution in [3.8, 4) is 6.07 Å². The third-order valence-corrected chi connectivity index (χ3v) is 8.27. The summed E-state index contributed by atoms with van der Waals surface area (Å²) in [5.74, 6) is 2.91. The minimum atomic E-state index is 0.0931. The van der Waals surface area contributed by atoms with Gasteiger partial charge in [0.05, 0.1) is 24.2 Å². The van der Waals surface area contributed by atoms with Crippen molar-refractivity contribution in [2.75, 3.05) is 0 Å². The topological polar surface area (TPSA) is 99.4 Å². The Morgan fingerprint density at radius 2 is 2.09 bits per heavy atom. The molecule has 3 unspecified atom stereocenters. The summed E-state index contributed by atoms with van der Waals surface area (Å²) in [5.41, 5.74) is 2.80. The molecular weight excluding hydrogens is 400 g/mol. The van der Waals surface area contributed by atoms with E-state index >= 15 is 0 Å². The zero-order chi connectivity index (χ0) is 21.7. The molecule has 2 N–H and O–H groups in total. The van der Waals surface area contributed by atoms with Crippen molar-refractivity contribution in [2.45, 2.75) is 76.3 Å². The predicted molar refractivity (Wildman–Crippen MR) is 122 cm³/mol. The zero-order valence-electron chi connectivity index (χ0n) is 18.4. The van der Waals surface area contributed by atoms with Crippen LogP contribution in [-0.2, 0) is 11.2 Å². The van der Waals surface area contributed by atoms with Crippen LogP contribution in [-0.4, -0.2) is 31.5 Å². The predicted octanol–water partition coefficient (Wildman–Crippen LogP) is 4.40. The Balaban J connectivity index is 1.31. The Morgan fingerprint density at radius 3 is 2.84 bits per heavy atom. The van der Waals surface area contributed by atoms with Crippen molar-refractivity contribution in [1.29, 1.82) is 5.26 Å². The minimum Gasteiger partial charge on any atom is -0.353 e. The van der Waals surface area contributed by atoms with Crippen LogP contribution in [0.3, 0.4) is 0 Å². The van der Waals surface area contributed by atoms with Crippen molar-refractivity contribution in [1.82, 2.24) is 24.8 Å². The van der Waals surface area contributed by atoms with E-state index in [0.29, 0.717) is 36.8 Å². The Hall–Kier alpha value is -2.88. The van der Waals surface area contributed by atoms with Crippen molar-refractivity contribution in [3.05, 3.63) is 24.3 Å². The van der Waals surface area contributed by atoms with E-state index in [0.717, 1.165) is 65.9 Å². The molecule has 32 heavy (non-hydrogen) atoms. The zero-order valence-corrected chi connectivity index (χ0v) is 18.4. The Kier molecular flexibility index (Phi) is 4.89. The SMILES string of the molecule is N#CCC1CCC(n2c(CC(=O)NC3CC4CCC3C4)nc3cnc4[nH]ccc4c32)CC1. The van der Waals surface area contributed by atoms with Gasteiger partial charge in [0.1, 0.15) is 17.0 Å². The molecule has 0 aliphatic heterocycles. The Labute approximate surface area is 187 Å². The fraction of sp³-hybridized carbons (Fsp3) is 0.600. The van der Waals surface area contributed by atoms with E-state index in [1.54, 1.807) is 0 Å². The first-order valence-corrected chi connectivity index (χ1v) is 12.2. The highest BCUT2D eigenvalue weighted by atomic mass is 16.1. The van der Waals surface area contributed by atoms with Gasteiger partial charge in [-0.15, -0.1) is 0 Å². The Bertz CT molecular complexity index is 1190. The number of hydrogen-bond donors (Lipinski definition) is 2. The van der Waals surface area contributed by atoms with Gasteiger partial charge in [0.15, 0.2) is 0 Å². The van der Waals surface area contributed by atoms with Crippen LogP contribution >= 0.6 is 0 Å². The number of fused-ring (bicyclic) bond motifs is 5. The van der Waals surface area contributed by atoms with Gasteiger partial charge in [-0.25, -0.2) is 9.97 Å². The summed E-state index contributed by atoms with van der Waals surface area (Å²) in [6.45, 7) is 0. The van der Waals surface area contributed by atoms with E-state index in [-0.39, 0.29) is 5.91 Å². The first kappa shape index (κ1) is 19.8. The lowest BCUT2D eigenvalue weighted by Crippen LogP contribution is -2.39. The second-order valence-electron chi connectivity index (χ2n) is 10.2. The highest BCUT2D eigenvalue weighted by molar-refractivity contribution is 6.01. The van der Waals surface area contributed by atoms with Crippen molar-refractivity contribution < 1.29 is 4.79 Å². The van der Waals surface area contributed by atoms with Gasteiger partial charge in [0.25, 0.3) is 0 Å². The molecule has 0 spiro atoms. The van der Waals surface area contributed by atoms with E-state index in [9.17, 15) is 4.79 Å². The molecule has 7 heteroatoms. The lowest BCUT2D eigenvalue weighted by atomic mass is 9.84. The molecule has 3 aromatic heterocycles. The second-order valence-corrected chi connectivity index (χ2v) is 10.2. The van der Waals surface area contributed by atoms with Crippen LogP contribution in [0.15, 0.2) is 18.5 Å². The van der Waals surface area contributed by atoms with Crippen LogP contribution in [0.25, 0.3) is 22.1 Å². The molecule has 2 bridgehead atoms. The number of H-pyrrole nitrogens is 1. The molecule has 166 valence electrons. The molecular formula is C25H30N6O. The van der Waals surface area contributed by atoms with E-state index in [2.05, 4.69) is 32.0 Å². The third kappa shape index (κ3) is 3.37. The summed E-state index contributed by atoms with van der Waals surface area (Å²) in [5, 5.41) is 13.5. The second kappa shape index (κ2) is 7.91. The summed E-state index contributed by atoms with van der Waals surface area (Å²) in [4.78, 5) is 25.7. The average Bonchev–Trinajstić information content (AvgIpc) is 3.57. The van der Waals surface area contributed by atoms with E-state index in [1.165, 1.54) is 19.3 Å². The summed E-state index contributed by atoms with van der Waals surface area (Å²) in [7, 11) is 0. The molecule has 3 saturated carbocycles. The number of nitrogens with zero attached hydrogens (tertiary/aromatic N) is 4. The summed E-state index contributed by atoms with van der Waals surface area (Å²) < 4.78 is 2.33. The molecule has 0 radical (unpaired) electrons. The van der Waals surface area contributed by atoms with Gasteiger partial charge in [-0.2, -0.15) is 5.26 Å². The number of carbonyl (C=O) groups is 1. The number of carbonyl (C=O) groups excluding carboxylic acids is 1. The molecule has 3 fully saturated rings. The number of nitrogens with one attached hydrogen (secondary N) is 2. The maximum atomic E-state index is 13.1. The smallest absolute Gasteiger partial charge is 0.227 e. The van der Waals surface area contributed by atoms with Gasteiger partial charge >= 0.3 is 0 Å². The van der Waals surface area contributed by atoms with E-state index < -0.39 is 0 Å². The fourth-order valence-electron chi connectivity index (χ4n) is 6.72. The maximum Gasteiger partial charge on any atom is 0.227 e. The number of aromatic nitrogens is 4. The lowest BCUT2D eigenvalue weighted by molar-refractivity contribution is -0.121. The summed E-state index contributed by atoms with van der Waals surface area (Å²) >= 11 is 0. The molecule has 0 saturated heterocycles. The summed E-state index contributed by atoms with van der Waals surface area (Å²) in [6, 6.07) is 5.05. The molecule has 1 amide bonds. The van der Waals surface area contributed by atoms with E-state index in [4.69, 9.17) is 10.2 Å². The largest absolute Gasteiger partial charge is 0.353 e.